The Hall–Kier alpha value is -2.64. The molecule has 0 fully saturated rings. The van der Waals surface area contributed by atoms with Crippen molar-refractivity contribution < 1.29 is 4.79 Å². The number of nitrogens with one attached hydrogen (secondary N) is 2. The van der Waals surface area contributed by atoms with Gasteiger partial charge in [0.05, 0.1) is 11.0 Å². The molecule has 2 N–H and O–H groups in total. The van der Waals surface area contributed by atoms with Gasteiger partial charge in [0.2, 0.25) is 5.91 Å². The fraction of sp³-hybridized carbons (Fsp3) is 0.0556. The Labute approximate surface area is 152 Å². The van der Waals surface area contributed by atoms with Crippen LogP contribution in [0.2, 0.25) is 0 Å². The number of nitrogens with zero attached hydrogens (tertiary/aromatic N) is 2. The van der Waals surface area contributed by atoms with Crippen LogP contribution in [-0.2, 0) is 4.79 Å². The zero-order chi connectivity index (χ0) is 17.1. The smallest absolute Gasteiger partial charge is 0.244 e. The largest absolute Gasteiger partial charge is 0.333 e. The third kappa shape index (κ3) is 3.57. The van der Waals surface area contributed by atoms with Gasteiger partial charge in [-0.15, -0.1) is 11.3 Å². The molecule has 0 unspecified atom stereocenters. The maximum Gasteiger partial charge on any atom is 0.244 e. The lowest BCUT2D eigenvalue weighted by Gasteiger charge is -2.14. The highest BCUT2D eigenvalue weighted by Gasteiger charge is 2.24. The molecule has 5 nitrogen and oxygen atoms in total. The number of carbonyl (C=O) groups excluding carboxylic acids is 1. The summed E-state index contributed by atoms with van der Waals surface area (Å²) in [5.74, 6) is -0.119. The van der Waals surface area contributed by atoms with Crippen molar-refractivity contribution in [2.45, 2.75) is 10.4 Å². The topological polar surface area (TPSA) is 70.7 Å². The number of aromatic nitrogens is 3. The monoisotopic (exact) mass is 366 g/mol. The average Bonchev–Trinajstić information content (AvgIpc) is 3.29. The second-order valence-electron chi connectivity index (χ2n) is 5.29. The van der Waals surface area contributed by atoms with Crippen molar-refractivity contribution in [3.05, 3.63) is 71.7 Å². The number of carbonyl (C=O) groups is 1. The van der Waals surface area contributed by atoms with Crippen LogP contribution in [0.5, 0.6) is 0 Å². The van der Waals surface area contributed by atoms with E-state index in [2.05, 4.69) is 20.3 Å². The first kappa shape index (κ1) is 15.9. The molecule has 2 aromatic heterocycles. The molecular formula is C18H14N4OS2. The van der Waals surface area contributed by atoms with Crippen molar-refractivity contribution in [1.29, 1.82) is 0 Å². The maximum absolute atomic E-state index is 12.8. The zero-order valence-corrected chi connectivity index (χ0v) is 14.7. The Morgan fingerprint density at radius 1 is 1.12 bits per heavy atom. The van der Waals surface area contributed by atoms with Crippen molar-refractivity contribution in [1.82, 2.24) is 15.0 Å². The van der Waals surface area contributed by atoms with Crippen LogP contribution in [0.1, 0.15) is 10.8 Å². The van der Waals surface area contributed by atoms with E-state index in [0.29, 0.717) is 10.3 Å². The number of rotatable bonds is 5. The number of thioether (sulfide) groups is 1. The van der Waals surface area contributed by atoms with Crippen LogP contribution in [0.25, 0.3) is 11.0 Å². The van der Waals surface area contributed by atoms with E-state index < -0.39 is 5.25 Å². The molecule has 2 heterocycles. The van der Waals surface area contributed by atoms with Crippen LogP contribution in [0.4, 0.5) is 5.13 Å². The molecule has 0 aliphatic heterocycles. The minimum absolute atomic E-state index is 0.119. The SMILES string of the molecule is O=C(Nc1nccs1)[C@@H](Sc1nc2ccccc2[nH]1)c1ccccc1. The molecule has 2 aromatic carbocycles. The van der Waals surface area contributed by atoms with Crippen molar-refractivity contribution in [2.24, 2.45) is 0 Å². The zero-order valence-electron chi connectivity index (χ0n) is 13.0. The van der Waals surface area contributed by atoms with Gasteiger partial charge < -0.3 is 10.3 Å². The van der Waals surface area contributed by atoms with Crippen molar-refractivity contribution in [2.75, 3.05) is 5.32 Å². The highest BCUT2D eigenvalue weighted by molar-refractivity contribution is 8.00. The van der Waals surface area contributed by atoms with Gasteiger partial charge in [0.25, 0.3) is 0 Å². The number of amides is 1. The predicted octanol–water partition coefficient (Wildman–Crippen LogP) is 4.49. The fourth-order valence-corrected chi connectivity index (χ4v) is 3.99. The van der Waals surface area contributed by atoms with Crippen LogP contribution in [0, 0.1) is 0 Å². The van der Waals surface area contributed by atoms with E-state index in [1.54, 1.807) is 6.20 Å². The Balaban J connectivity index is 1.63. The Kier molecular flexibility index (Phi) is 4.49. The van der Waals surface area contributed by atoms with E-state index in [1.165, 1.54) is 23.1 Å². The normalized spacial score (nSPS) is 12.2. The van der Waals surface area contributed by atoms with E-state index in [0.717, 1.165) is 16.6 Å². The summed E-state index contributed by atoms with van der Waals surface area (Å²) in [5.41, 5.74) is 2.76. The molecule has 7 heteroatoms. The summed E-state index contributed by atoms with van der Waals surface area (Å²) in [6.07, 6.45) is 1.67. The number of para-hydroxylation sites is 2. The first-order valence-electron chi connectivity index (χ1n) is 7.66. The molecule has 4 rings (SSSR count). The van der Waals surface area contributed by atoms with Crippen molar-refractivity contribution >= 4 is 45.2 Å². The van der Waals surface area contributed by atoms with Gasteiger partial charge in [0.15, 0.2) is 10.3 Å². The van der Waals surface area contributed by atoms with Crippen LogP contribution in [0.3, 0.4) is 0 Å². The first-order valence-corrected chi connectivity index (χ1v) is 9.42. The second kappa shape index (κ2) is 7.08. The average molecular weight is 366 g/mol. The van der Waals surface area contributed by atoms with E-state index >= 15 is 0 Å². The van der Waals surface area contributed by atoms with Crippen LogP contribution < -0.4 is 5.32 Å². The van der Waals surface area contributed by atoms with Gasteiger partial charge in [-0.1, -0.05) is 54.2 Å². The van der Waals surface area contributed by atoms with Gasteiger partial charge in [-0.05, 0) is 17.7 Å². The maximum atomic E-state index is 12.8. The lowest BCUT2D eigenvalue weighted by molar-refractivity contribution is -0.115. The summed E-state index contributed by atoms with van der Waals surface area (Å²) in [4.78, 5) is 24.8. The summed E-state index contributed by atoms with van der Waals surface area (Å²) >= 11 is 2.79. The summed E-state index contributed by atoms with van der Waals surface area (Å²) in [6.45, 7) is 0. The molecule has 1 amide bonds. The number of thiazole rings is 1. The number of fused-ring (bicyclic) bond motifs is 1. The quantitative estimate of drug-likeness (QED) is 0.511. The summed E-state index contributed by atoms with van der Waals surface area (Å²) in [5, 5.41) is 5.59. The second-order valence-corrected chi connectivity index (χ2v) is 7.28. The molecule has 0 aliphatic carbocycles. The Morgan fingerprint density at radius 3 is 2.68 bits per heavy atom. The molecule has 0 saturated carbocycles. The van der Waals surface area contributed by atoms with Gasteiger partial charge >= 0.3 is 0 Å². The molecule has 0 spiro atoms. The van der Waals surface area contributed by atoms with E-state index in [-0.39, 0.29) is 5.91 Å². The lowest BCUT2D eigenvalue weighted by Crippen LogP contribution is -2.19. The summed E-state index contributed by atoms with van der Waals surface area (Å²) < 4.78 is 0. The number of aromatic amines is 1. The van der Waals surface area contributed by atoms with Gasteiger partial charge in [-0.3, -0.25) is 4.79 Å². The fourth-order valence-electron chi connectivity index (χ4n) is 2.45. The molecule has 0 saturated heterocycles. The summed E-state index contributed by atoms with van der Waals surface area (Å²) in [7, 11) is 0. The van der Waals surface area contributed by atoms with Gasteiger partial charge in [0, 0.05) is 11.6 Å². The predicted molar refractivity (Wildman–Crippen MR) is 102 cm³/mol. The number of anilines is 1. The third-order valence-electron chi connectivity index (χ3n) is 3.60. The van der Waals surface area contributed by atoms with Gasteiger partial charge in [0.1, 0.15) is 5.25 Å². The molecule has 0 bridgehead atoms. The molecule has 25 heavy (non-hydrogen) atoms. The number of H-pyrrole nitrogens is 1. The third-order valence-corrected chi connectivity index (χ3v) is 5.43. The number of benzene rings is 2. The summed E-state index contributed by atoms with van der Waals surface area (Å²) in [6, 6.07) is 17.5. The minimum Gasteiger partial charge on any atom is -0.333 e. The highest BCUT2D eigenvalue weighted by Crippen LogP contribution is 2.35. The lowest BCUT2D eigenvalue weighted by atomic mass is 10.1. The molecule has 4 aromatic rings. The standard InChI is InChI=1S/C18H14N4OS2/c23-16(22-17-19-10-11-24-17)15(12-6-2-1-3-7-12)25-18-20-13-8-4-5-9-14(13)21-18/h1-11,15H,(H,20,21)(H,19,22,23)/t15-/m0/s1. The van der Waals surface area contributed by atoms with E-state index in [4.69, 9.17) is 0 Å². The molecule has 1 atom stereocenters. The van der Waals surface area contributed by atoms with Crippen molar-refractivity contribution in [3.63, 3.8) is 0 Å². The Bertz CT molecular complexity index is 950. The van der Waals surface area contributed by atoms with Gasteiger partial charge in [-0.2, -0.15) is 0 Å². The van der Waals surface area contributed by atoms with Crippen LogP contribution in [0.15, 0.2) is 71.3 Å². The minimum atomic E-state index is -0.425. The van der Waals surface area contributed by atoms with E-state index in [1.807, 2.05) is 60.0 Å². The molecular weight excluding hydrogens is 352 g/mol. The molecule has 0 aliphatic rings. The molecule has 124 valence electrons. The highest BCUT2D eigenvalue weighted by atomic mass is 32.2. The Morgan fingerprint density at radius 2 is 1.92 bits per heavy atom. The number of hydrogen-bond donors (Lipinski definition) is 2. The van der Waals surface area contributed by atoms with E-state index in [9.17, 15) is 4.79 Å². The number of imidazole rings is 1. The van der Waals surface area contributed by atoms with Crippen LogP contribution >= 0.6 is 23.1 Å². The molecule has 0 radical (unpaired) electrons. The number of hydrogen-bond acceptors (Lipinski definition) is 5. The van der Waals surface area contributed by atoms with Crippen molar-refractivity contribution in [3.8, 4) is 0 Å². The first-order chi connectivity index (χ1) is 12.3. The van der Waals surface area contributed by atoms with Crippen LogP contribution in [-0.4, -0.2) is 20.9 Å². The van der Waals surface area contributed by atoms with Gasteiger partial charge in [-0.25, -0.2) is 9.97 Å².